The van der Waals surface area contributed by atoms with E-state index in [1.165, 1.54) is 12.1 Å². The molecule has 0 aliphatic rings. The summed E-state index contributed by atoms with van der Waals surface area (Å²) in [5.41, 5.74) is 5.89. The largest absolute Gasteiger partial charge is 0.485 e. The minimum Gasteiger partial charge on any atom is -0.485 e. The summed E-state index contributed by atoms with van der Waals surface area (Å²) in [5.74, 6) is -0.418. The molecule has 0 aromatic heterocycles. The van der Waals surface area contributed by atoms with Gasteiger partial charge in [0.05, 0.1) is 4.92 Å². The molecule has 7 heteroatoms. The van der Waals surface area contributed by atoms with Crippen molar-refractivity contribution < 1.29 is 14.5 Å². The fourth-order valence-electron chi connectivity index (χ4n) is 1.63. The summed E-state index contributed by atoms with van der Waals surface area (Å²) in [6.07, 6.45) is 0.842. The number of rotatable bonds is 8. The predicted molar refractivity (Wildman–Crippen MR) is 74.6 cm³/mol. The van der Waals surface area contributed by atoms with Gasteiger partial charge in [0.2, 0.25) is 5.91 Å². The van der Waals surface area contributed by atoms with Gasteiger partial charge in [-0.25, -0.2) is 0 Å². The number of amides is 1. The monoisotopic (exact) mass is 281 g/mol. The molecule has 0 aliphatic carbocycles. The number of nitrogens with one attached hydrogen (secondary N) is 1. The van der Waals surface area contributed by atoms with E-state index in [1.807, 2.05) is 6.92 Å². The molecule has 1 unspecified atom stereocenters. The lowest BCUT2D eigenvalue weighted by Gasteiger charge is -2.15. The summed E-state index contributed by atoms with van der Waals surface area (Å²) in [7, 11) is 0. The van der Waals surface area contributed by atoms with Crippen LogP contribution in [0.25, 0.3) is 0 Å². The molecule has 1 amide bonds. The molecule has 20 heavy (non-hydrogen) atoms. The first kappa shape index (κ1) is 15.9. The van der Waals surface area contributed by atoms with Gasteiger partial charge < -0.3 is 15.8 Å². The number of nitro benzene ring substituents is 1. The van der Waals surface area contributed by atoms with Crippen molar-refractivity contribution in [3.63, 3.8) is 0 Å². The highest BCUT2D eigenvalue weighted by Gasteiger charge is 2.19. The lowest BCUT2D eigenvalue weighted by Crippen LogP contribution is -2.45. The molecule has 0 fully saturated rings. The molecule has 0 aliphatic heterocycles. The highest BCUT2D eigenvalue weighted by Crippen LogP contribution is 2.27. The lowest BCUT2D eigenvalue weighted by molar-refractivity contribution is -0.385. The molecule has 1 aromatic rings. The summed E-state index contributed by atoms with van der Waals surface area (Å²) in [4.78, 5) is 21.7. The summed E-state index contributed by atoms with van der Waals surface area (Å²) < 4.78 is 5.37. The predicted octanol–water partition coefficient (Wildman–Crippen LogP) is 1.14. The van der Waals surface area contributed by atoms with Gasteiger partial charge in [-0.05, 0) is 31.5 Å². The average molecular weight is 281 g/mol. The van der Waals surface area contributed by atoms with Crippen LogP contribution in [0.15, 0.2) is 18.2 Å². The highest BCUT2D eigenvalue weighted by atomic mass is 16.6. The SMILES string of the molecule is CCCNC(COc1ccc(C)cc1[N+](=O)[O-])C(N)=O. The Morgan fingerprint density at radius 3 is 2.80 bits per heavy atom. The number of nitrogens with two attached hydrogens (primary N) is 1. The van der Waals surface area contributed by atoms with Crippen LogP contribution in [0.1, 0.15) is 18.9 Å². The summed E-state index contributed by atoms with van der Waals surface area (Å²) in [6, 6.07) is 3.98. The molecular weight excluding hydrogens is 262 g/mol. The van der Waals surface area contributed by atoms with E-state index >= 15 is 0 Å². The number of primary amides is 1. The number of hydrogen-bond donors (Lipinski definition) is 2. The molecule has 1 rings (SSSR count). The molecule has 0 spiro atoms. The lowest BCUT2D eigenvalue weighted by atomic mass is 10.2. The zero-order valence-electron chi connectivity index (χ0n) is 11.6. The Labute approximate surface area is 117 Å². The van der Waals surface area contributed by atoms with Gasteiger partial charge in [-0.2, -0.15) is 0 Å². The van der Waals surface area contributed by atoms with Crippen LogP contribution in [0.5, 0.6) is 5.75 Å². The third-order valence-electron chi connectivity index (χ3n) is 2.70. The Bertz CT molecular complexity index is 491. The van der Waals surface area contributed by atoms with E-state index in [0.29, 0.717) is 6.54 Å². The van der Waals surface area contributed by atoms with Crippen LogP contribution < -0.4 is 15.8 Å². The van der Waals surface area contributed by atoms with E-state index in [0.717, 1.165) is 12.0 Å². The number of nitrogens with zero attached hydrogens (tertiary/aromatic N) is 1. The third kappa shape index (κ3) is 4.51. The number of benzene rings is 1. The number of hydrogen-bond acceptors (Lipinski definition) is 5. The van der Waals surface area contributed by atoms with Crippen LogP contribution in [-0.2, 0) is 4.79 Å². The fraction of sp³-hybridized carbons (Fsp3) is 0.462. The van der Waals surface area contributed by atoms with Crippen LogP contribution in [0.4, 0.5) is 5.69 Å². The van der Waals surface area contributed by atoms with Crippen LogP contribution in [-0.4, -0.2) is 30.0 Å². The van der Waals surface area contributed by atoms with Gasteiger partial charge in [-0.1, -0.05) is 13.0 Å². The Balaban J connectivity index is 2.77. The molecule has 0 saturated carbocycles. The van der Waals surface area contributed by atoms with Crippen molar-refractivity contribution in [3.05, 3.63) is 33.9 Å². The molecule has 0 radical (unpaired) electrons. The molecule has 7 nitrogen and oxygen atoms in total. The normalized spacial score (nSPS) is 11.9. The topological polar surface area (TPSA) is 107 Å². The maximum absolute atomic E-state index is 11.2. The third-order valence-corrected chi connectivity index (χ3v) is 2.70. The maximum Gasteiger partial charge on any atom is 0.311 e. The van der Waals surface area contributed by atoms with E-state index in [1.54, 1.807) is 13.0 Å². The van der Waals surface area contributed by atoms with Gasteiger partial charge in [0.1, 0.15) is 12.6 Å². The summed E-state index contributed by atoms with van der Waals surface area (Å²) in [5, 5.41) is 13.9. The second-order valence-corrected chi connectivity index (χ2v) is 4.45. The number of aryl methyl sites for hydroxylation is 1. The number of carbonyl (C=O) groups is 1. The van der Waals surface area contributed by atoms with Crippen molar-refractivity contribution in [2.45, 2.75) is 26.3 Å². The molecule has 1 atom stereocenters. The molecule has 0 bridgehead atoms. The Kier molecular flexibility index (Phi) is 5.92. The van der Waals surface area contributed by atoms with Crippen molar-refractivity contribution >= 4 is 11.6 Å². The molecule has 3 N–H and O–H groups in total. The van der Waals surface area contributed by atoms with Gasteiger partial charge in [0.15, 0.2) is 5.75 Å². The number of nitro groups is 1. The van der Waals surface area contributed by atoms with Crippen molar-refractivity contribution in [3.8, 4) is 5.75 Å². The molecule has 1 aromatic carbocycles. The van der Waals surface area contributed by atoms with Gasteiger partial charge >= 0.3 is 5.69 Å². The Hall–Kier alpha value is -2.15. The van der Waals surface area contributed by atoms with Gasteiger partial charge in [-0.3, -0.25) is 14.9 Å². The van der Waals surface area contributed by atoms with Crippen LogP contribution >= 0.6 is 0 Å². The summed E-state index contributed by atoms with van der Waals surface area (Å²) >= 11 is 0. The fourth-order valence-corrected chi connectivity index (χ4v) is 1.63. The summed E-state index contributed by atoms with van der Waals surface area (Å²) in [6.45, 7) is 4.29. The van der Waals surface area contributed by atoms with E-state index < -0.39 is 16.9 Å². The molecule has 110 valence electrons. The van der Waals surface area contributed by atoms with Gasteiger partial charge in [-0.15, -0.1) is 0 Å². The maximum atomic E-state index is 11.2. The van der Waals surface area contributed by atoms with Crippen LogP contribution in [0, 0.1) is 17.0 Å². The average Bonchev–Trinajstić information content (AvgIpc) is 2.39. The number of ether oxygens (including phenoxy) is 1. The van der Waals surface area contributed by atoms with Crippen molar-refractivity contribution in [1.82, 2.24) is 5.32 Å². The van der Waals surface area contributed by atoms with Crippen LogP contribution in [0.2, 0.25) is 0 Å². The zero-order valence-corrected chi connectivity index (χ0v) is 11.6. The van der Waals surface area contributed by atoms with Crippen molar-refractivity contribution in [2.75, 3.05) is 13.2 Å². The first-order chi connectivity index (χ1) is 9.45. The van der Waals surface area contributed by atoms with E-state index in [2.05, 4.69) is 5.32 Å². The molecule has 0 saturated heterocycles. The Morgan fingerprint density at radius 2 is 2.25 bits per heavy atom. The first-order valence-corrected chi connectivity index (χ1v) is 6.36. The Morgan fingerprint density at radius 1 is 1.55 bits per heavy atom. The van der Waals surface area contributed by atoms with E-state index in [-0.39, 0.29) is 18.0 Å². The minimum absolute atomic E-state index is 0.0424. The smallest absolute Gasteiger partial charge is 0.311 e. The second-order valence-electron chi connectivity index (χ2n) is 4.45. The molecular formula is C13H19N3O4. The van der Waals surface area contributed by atoms with Crippen LogP contribution in [0.3, 0.4) is 0 Å². The highest BCUT2D eigenvalue weighted by molar-refractivity contribution is 5.80. The van der Waals surface area contributed by atoms with Crippen molar-refractivity contribution in [1.29, 1.82) is 0 Å². The van der Waals surface area contributed by atoms with Gasteiger partial charge in [0.25, 0.3) is 0 Å². The second kappa shape index (κ2) is 7.44. The first-order valence-electron chi connectivity index (χ1n) is 6.36. The minimum atomic E-state index is -0.671. The zero-order chi connectivity index (χ0) is 15.1. The van der Waals surface area contributed by atoms with Gasteiger partial charge in [0, 0.05) is 6.07 Å². The standard InChI is InChI=1S/C13H19N3O4/c1-3-6-15-10(13(14)17)8-20-12-5-4-9(2)7-11(12)16(18)19/h4-5,7,10,15H,3,6,8H2,1-2H3,(H2,14,17). The molecule has 0 heterocycles. The number of carbonyl (C=O) groups excluding carboxylic acids is 1. The van der Waals surface area contributed by atoms with E-state index in [4.69, 9.17) is 10.5 Å². The quantitative estimate of drug-likeness (QED) is 0.548. The van der Waals surface area contributed by atoms with Crippen molar-refractivity contribution in [2.24, 2.45) is 5.73 Å². The van der Waals surface area contributed by atoms with E-state index in [9.17, 15) is 14.9 Å².